The van der Waals surface area contributed by atoms with Crippen LogP contribution in [0.1, 0.15) is 42.9 Å². The van der Waals surface area contributed by atoms with Crippen molar-refractivity contribution in [2.24, 2.45) is 11.1 Å². The average Bonchev–Trinajstić information content (AvgIpc) is 3.09. The van der Waals surface area contributed by atoms with Gasteiger partial charge in [0.05, 0.1) is 5.41 Å². The first kappa shape index (κ1) is 21.4. The molecule has 0 saturated carbocycles. The first-order valence-electron chi connectivity index (χ1n) is 11.0. The summed E-state index contributed by atoms with van der Waals surface area (Å²) in [5, 5.41) is 0. The van der Waals surface area contributed by atoms with Gasteiger partial charge in [0.1, 0.15) is 0 Å². The molecule has 2 aliphatic rings. The van der Waals surface area contributed by atoms with Gasteiger partial charge in [0.25, 0.3) is 0 Å². The summed E-state index contributed by atoms with van der Waals surface area (Å²) in [7, 11) is 0. The van der Waals surface area contributed by atoms with Crippen molar-refractivity contribution in [1.29, 1.82) is 0 Å². The Kier molecular flexibility index (Phi) is 6.81. The van der Waals surface area contributed by atoms with Crippen molar-refractivity contribution in [3.63, 3.8) is 0 Å². The van der Waals surface area contributed by atoms with E-state index in [1.54, 1.807) is 11.8 Å². The zero-order valence-electron chi connectivity index (χ0n) is 17.9. The SMILES string of the molecule is CSc1ccc(CN2CCC3(CCN(CC[C@H](N)c4ccccc4)CC3)C2=O)cc1. The second-order valence-electron chi connectivity index (χ2n) is 8.75. The number of nitrogens with zero attached hydrogens (tertiary/aromatic N) is 2. The first-order valence-corrected chi connectivity index (χ1v) is 12.3. The van der Waals surface area contributed by atoms with Crippen molar-refractivity contribution in [2.75, 3.05) is 32.4 Å². The highest BCUT2D eigenvalue weighted by atomic mass is 32.2. The Balaban J connectivity index is 1.27. The van der Waals surface area contributed by atoms with Gasteiger partial charge in [-0.25, -0.2) is 0 Å². The van der Waals surface area contributed by atoms with E-state index in [4.69, 9.17) is 5.73 Å². The van der Waals surface area contributed by atoms with Crippen LogP contribution in [0.4, 0.5) is 0 Å². The van der Waals surface area contributed by atoms with E-state index in [-0.39, 0.29) is 11.5 Å². The first-order chi connectivity index (χ1) is 14.6. The number of thioether (sulfide) groups is 1. The Morgan fingerprint density at radius 2 is 1.67 bits per heavy atom. The predicted molar refractivity (Wildman–Crippen MR) is 124 cm³/mol. The molecule has 2 aromatic rings. The monoisotopic (exact) mass is 423 g/mol. The topological polar surface area (TPSA) is 49.6 Å². The number of hydrogen-bond donors (Lipinski definition) is 1. The molecule has 1 amide bonds. The molecule has 0 radical (unpaired) electrons. The number of carbonyl (C=O) groups excluding carboxylic acids is 1. The Bertz CT molecular complexity index is 831. The van der Waals surface area contributed by atoms with Crippen LogP contribution in [0.25, 0.3) is 0 Å². The molecule has 0 aromatic heterocycles. The van der Waals surface area contributed by atoms with E-state index in [9.17, 15) is 4.79 Å². The van der Waals surface area contributed by atoms with E-state index in [0.717, 1.165) is 58.4 Å². The zero-order chi connectivity index (χ0) is 21.0. The van der Waals surface area contributed by atoms with Gasteiger partial charge in [-0.05, 0) is 74.8 Å². The second-order valence-corrected chi connectivity index (χ2v) is 9.63. The minimum atomic E-state index is -0.128. The van der Waals surface area contributed by atoms with Crippen LogP contribution in [0.15, 0.2) is 59.5 Å². The lowest BCUT2D eigenvalue weighted by Crippen LogP contribution is -2.45. The molecule has 5 heteroatoms. The minimum absolute atomic E-state index is 0.0863. The number of carbonyl (C=O) groups is 1. The van der Waals surface area contributed by atoms with Crippen molar-refractivity contribution < 1.29 is 4.79 Å². The minimum Gasteiger partial charge on any atom is -0.338 e. The normalized spacial score (nSPS) is 20.1. The van der Waals surface area contributed by atoms with Crippen molar-refractivity contribution in [2.45, 2.75) is 43.2 Å². The molecule has 2 heterocycles. The number of likely N-dealkylation sites (tertiary alicyclic amines) is 2. The molecule has 0 bridgehead atoms. The van der Waals surface area contributed by atoms with Crippen LogP contribution < -0.4 is 5.73 Å². The van der Waals surface area contributed by atoms with Crippen LogP contribution in [0.3, 0.4) is 0 Å². The second kappa shape index (κ2) is 9.54. The highest BCUT2D eigenvalue weighted by molar-refractivity contribution is 7.98. The van der Waals surface area contributed by atoms with Crippen LogP contribution in [0, 0.1) is 5.41 Å². The number of benzene rings is 2. The molecule has 4 nitrogen and oxygen atoms in total. The molecule has 1 atom stereocenters. The molecule has 2 fully saturated rings. The summed E-state index contributed by atoms with van der Waals surface area (Å²) in [5.41, 5.74) is 8.68. The molecule has 0 unspecified atom stereocenters. The fourth-order valence-electron chi connectivity index (χ4n) is 4.85. The molecule has 2 aliphatic heterocycles. The smallest absolute Gasteiger partial charge is 0.229 e. The average molecular weight is 424 g/mol. The highest BCUT2D eigenvalue weighted by Crippen LogP contribution is 2.42. The summed E-state index contributed by atoms with van der Waals surface area (Å²) in [6.45, 7) is 4.64. The Morgan fingerprint density at radius 1 is 1.00 bits per heavy atom. The van der Waals surface area contributed by atoms with Gasteiger partial charge >= 0.3 is 0 Å². The van der Waals surface area contributed by atoms with Crippen molar-refractivity contribution in [3.8, 4) is 0 Å². The number of amides is 1. The summed E-state index contributed by atoms with van der Waals surface area (Å²) in [5.74, 6) is 0.372. The van der Waals surface area contributed by atoms with Crippen LogP contribution in [-0.4, -0.2) is 48.1 Å². The van der Waals surface area contributed by atoms with Gasteiger partial charge in [-0.15, -0.1) is 11.8 Å². The summed E-state index contributed by atoms with van der Waals surface area (Å²) < 4.78 is 0. The van der Waals surface area contributed by atoms with Crippen LogP contribution >= 0.6 is 11.8 Å². The van der Waals surface area contributed by atoms with E-state index < -0.39 is 0 Å². The van der Waals surface area contributed by atoms with E-state index >= 15 is 0 Å². The fourth-order valence-corrected chi connectivity index (χ4v) is 5.26. The molecule has 2 aromatic carbocycles. The summed E-state index contributed by atoms with van der Waals surface area (Å²) in [6, 6.07) is 19.0. The third-order valence-electron chi connectivity index (χ3n) is 6.93. The summed E-state index contributed by atoms with van der Waals surface area (Å²) >= 11 is 1.75. The molecule has 0 aliphatic carbocycles. The molecule has 160 valence electrons. The van der Waals surface area contributed by atoms with E-state index in [0.29, 0.717) is 5.91 Å². The predicted octanol–water partition coefficient (Wildman–Crippen LogP) is 4.31. The molecular weight excluding hydrogens is 390 g/mol. The van der Waals surface area contributed by atoms with Crippen LogP contribution in [-0.2, 0) is 11.3 Å². The van der Waals surface area contributed by atoms with Crippen LogP contribution in [0.5, 0.6) is 0 Å². The lowest BCUT2D eigenvalue weighted by molar-refractivity contribution is -0.138. The van der Waals surface area contributed by atoms with Gasteiger partial charge < -0.3 is 15.5 Å². The Morgan fingerprint density at radius 3 is 2.33 bits per heavy atom. The largest absolute Gasteiger partial charge is 0.338 e. The standard InChI is InChI=1S/C25H33N3OS/c1-30-22-9-7-20(8-10-22)19-28-18-14-25(24(28)29)12-16-27(17-13-25)15-11-23(26)21-5-3-2-4-6-21/h2-10,23H,11-19,26H2,1H3/t23-/m0/s1. The fraction of sp³-hybridized carbons (Fsp3) is 0.480. The van der Waals surface area contributed by atoms with E-state index in [2.05, 4.69) is 64.6 Å². The molecule has 2 saturated heterocycles. The third-order valence-corrected chi connectivity index (χ3v) is 7.67. The number of rotatable bonds is 7. The molecular formula is C25H33N3OS. The Labute approximate surface area is 184 Å². The number of nitrogens with two attached hydrogens (primary N) is 1. The molecule has 4 rings (SSSR count). The van der Waals surface area contributed by atoms with Gasteiger partial charge in [0, 0.05) is 24.0 Å². The highest BCUT2D eigenvalue weighted by Gasteiger charge is 2.47. The maximum Gasteiger partial charge on any atom is 0.229 e. The van der Waals surface area contributed by atoms with Crippen molar-refractivity contribution in [1.82, 2.24) is 9.80 Å². The maximum absolute atomic E-state index is 13.3. The van der Waals surface area contributed by atoms with Crippen molar-refractivity contribution in [3.05, 3.63) is 65.7 Å². The number of piperidine rings is 1. The maximum atomic E-state index is 13.3. The van der Waals surface area contributed by atoms with Gasteiger partial charge in [0.15, 0.2) is 0 Å². The van der Waals surface area contributed by atoms with Crippen LogP contribution in [0.2, 0.25) is 0 Å². The number of hydrogen-bond acceptors (Lipinski definition) is 4. The Hall–Kier alpha value is -1.82. The lowest BCUT2D eigenvalue weighted by atomic mass is 9.77. The van der Waals surface area contributed by atoms with Gasteiger partial charge in [0.2, 0.25) is 5.91 Å². The zero-order valence-corrected chi connectivity index (χ0v) is 18.7. The quantitative estimate of drug-likeness (QED) is 0.674. The lowest BCUT2D eigenvalue weighted by Gasteiger charge is -2.38. The van der Waals surface area contributed by atoms with Gasteiger partial charge in [-0.2, -0.15) is 0 Å². The third kappa shape index (κ3) is 4.74. The van der Waals surface area contributed by atoms with E-state index in [1.807, 2.05) is 6.07 Å². The summed E-state index contributed by atoms with van der Waals surface area (Å²) in [6.07, 6.45) is 6.02. The molecule has 2 N–H and O–H groups in total. The van der Waals surface area contributed by atoms with Gasteiger partial charge in [-0.3, -0.25) is 4.79 Å². The van der Waals surface area contributed by atoms with E-state index in [1.165, 1.54) is 16.0 Å². The molecule has 1 spiro atoms. The van der Waals surface area contributed by atoms with Gasteiger partial charge in [-0.1, -0.05) is 42.5 Å². The summed E-state index contributed by atoms with van der Waals surface area (Å²) in [4.78, 5) is 19.1. The molecule has 30 heavy (non-hydrogen) atoms. The van der Waals surface area contributed by atoms with Crippen molar-refractivity contribution >= 4 is 17.7 Å².